The Bertz CT molecular complexity index is 751. The lowest BCUT2D eigenvalue weighted by atomic mass is 9.76. The lowest BCUT2D eigenvalue weighted by Gasteiger charge is -2.43. The third-order valence-corrected chi connectivity index (χ3v) is 5.65. The Balaban J connectivity index is 1.79. The second-order valence-electron chi connectivity index (χ2n) is 7.24. The van der Waals surface area contributed by atoms with E-state index in [9.17, 15) is 4.79 Å². The van der Waals surface area contributed by atoms with Gasteiger partial charge in [0.15, 0.2) is 0 Å². The first-order chi connectivity index (χ1) is 11.7. The summed E-state index contributed by atoms with van der Waals surface area (Å²) in [4.78, 5) is 15.2. The molecule has 2 nitrogen and oxygen atoms in total. The molecule has 2 heteroatoms. The molecule has 0 unspecified atom stereocenters. The van der Waals surface area contributed by atoms with Gasteiger partial charge >= 0.3 is 0 Å². The minimum atomic E-state index is 0.140. The van der Waals surface area contributed by atoms with Crippen molar-refractivity contribution in [2.24, 2.45) is 5.92 Å². The van der Waals surface area contributed by atoms with E-state index in [-0.39, 0.29) is 12.0 Å². The predicted molar refractivity (Wildman–Crippen MR) is 98.4 cm³/mol. The molecule has 0 amide bonds. The van der Waals surface area contributed by atoms with Gasteiger partial charge in [-0.25, -0.2) is 0 Å². The summed E-state index contributed by atoms with van der Waals surface area (Å²) in [6.07, 6.45) is 5.08. The van der Waals surface area contributed by atoms with Gasteiger partial charge < -0.3 is 4.90 Å². The van der Waals surface area contributed by atoms with Crippen LogP contribution >= 0.6 is 0 Å². The van der Waals surface area contributed by atoms with Crippen LogP contribution in [-0.4, -0.2) is 12.3 Å². The number of hydrogen-bond acceptors (Lipinski definition) is 2. The fraction of sp³-hybridized carbons (Fsp3) is 0.409. The molecule has 0 spiro atoms. The summed E-state index contributed by atoms with van der Waals surface area (Å²) in [5.41, 5.74) is 5.32. The van der Waals surface area contributed by atoms with Crippen LogP contribution in [0.15, 0.2) is 48.5 Å². The number of rotatable bonds is 2. The van der Waals surface area contributed by atoms with Gasteiger partial charge in [-0.1, -0.05) is 42.8 Å². The molecule has 1 fully saturated rings. The average Bonchev–Trinajstić information content (AvgIpc) is 2.61. The monoisotopic (exact) mass is 319 g/mol. The highest BCUT2D eigenvalue weighted by atomic mass is 16.1. The number of ketones is 1. The number of carbonyl (C=O) groups is 1. The van der Waals surface area contributed by atoms with Crippen molar-refractivity contribution >= 4 is 11.5 Å². The minimum absolute atomic E-state index is 0.140. The van der Waals surface area contributed by atoms with Crippen LogP contribution in [0.4, 0.5) is 5.69 Å². The molecule has 124 valence electrons. The van der Waals surface area contributed by atoms with Crippen LogP contribution < -0.4 is 4.90 Å². The van der Waals surface area contributed by atoms with E-state index >= 15 is 0 Å². The van der Waals surface area contributed by atoms with Gasteiger partial charge in [0.05, 0.1) is 6.04 Å². The SMILES string of the molecule is Cc1cccc(N2CCc3ccccc3[C@@H]2[C@@H]2CCCCC2=O)c1. The fourth-order valence-electron chi connectivity index (χ4n) is 4.47. The maximum Gasteiger partial charge on any atom is 0.138 e. The quantitative estimate of drug-likeness (QED) is 0.788. The maximum atomic E-state index is 12.7. The molecule has 0 saturated heterocycles. The number of hydrogen-bond donors (Lipinski definition) is 0. The van der Waals surface area contributed by atoms with Gasteiger partial charge in [-0.05, 0) is 55.0 Å². The summed E-state index contributed by atoms with van der Waals surface area (Å²) < 4.78 is 0. The molecule has 0 radical (unpaired) electrons. The second kappa shape index (κ2) is 6.43. The van der Waals surface area contributed by atoms with E-state index in [1.54, 1.807) is 0 Å². The topological polar surface area (TPSA) is 20.3 Å². The number of benzene rings is 2. The summed E-state index contributed by atoms with van der Waals surface area (Å²) in [5.74, 6) is 0.598. The Kier molecular flexibility index (Phi) is 4.13. The lowest BCUT2D eigenvalue weighted by Crippen LogP contribution is -2.42. The van der Waals surface area contributed by atoms with Gasteiger partial charge in [0.1, 0.15) is 5.78 Å². The molecule has 2 aromatic rings. The highest BCUT2D eigenvalue weighted by Gasteiger charge is 2.38. The molecular weight excluding hydrogens is 294 g/mol. The van der Waals surface area contributed by atoms with Crippen molar-refractivity contribution in [2.45, 2.75) is 45.1 Å². The number of carbonyl (C=O) groups excluding carboxylic acids is 1. The number of anilines is 1. The lowest BCUT2D eigenvalue weighted by molar-refractivity contribution is -0.125. The van der Waals surface area contributed by atoms with Crippen molar-refractivity contribution in [1.82, 2.24) is 0 Å². The zero-order valence-corrected chi connectivity index (χ0v) is 14.4. The zero-order chi connectivity index (χ0) is 16.5. The van der Waals surface area contributed by atoms with Crippen molar-refractivity contribution in [1.29, 1.82) is 0 Å². The number of Topliss-reactive ketones (excluding diaryl/α,β-unsaturated/α-hetero) is 1. The Morgan fingerprint density at radius 2 is 1.88 bits per heavy atom. The van der Waals surface area contributed by atoms with Crippen LogP contribution in [-0.2, 0) is 11.2 Å². The van der Waals surface area contributed by atoms with Crippen molar-refractivity contribution < 1.29 is 4.79 Å². The van der Waals surface area contributed by atoms with Gasteiger partial charge in [-0.3, -0.25) is 4.79 Å². The van der Waals surface area contributed by atoms with Gasteiger partial charge in [0.2, 0.25) is 0 Å². The van der Waals surface area contributed by atoms with E-state index in [4.69, 9.17) is 0 Å². The summed E-state index contributed by atoms with van der Waals surface area (Å²) in [5, 5.41) is 0. The van der Waals surface area contributed by atoms with Crippen molar-refractivity contribution in [3.8, 4) is 0 Å². The van der Waals surface area contributed by atoms with Crippen LogP contribution in [0.1, 0.15) is 48.4 Å². The van der Waals surface area contributed by atoms with E-state index in [0.717, 1.165) is 32.2 Å². The van der Waals surface area contributed by atoms with Crippen LogP contribution in [0, 0.1) is 12.8 Å². The molecule has 1 heterocycles. The molecule has 2 aliphatic rings. The van der Waals surface area contributed by atoms with Crippen molar-refractivity contribution in [2.75, 3.05) is 11.4 Å². The fourth-order valence-corrected chi connectivity index (χ4v) is 4.47. The summed E-state index contributed by atoms with van der Waals surface area (Å²) in [6.45, 7) is 3.14. The summed E-state index contributed by atoms with van der Waals surface area (Å²) in [7, 11) is 0. The summed E-state index contributed by atoms with van der Waals surface area (Å²) >= 11 is 0. The van der Waals surface area contributed by atoms with E-state index in [1.165, 1.54) is 28.8 Å². The third-order valence-electron chi connectivity index (χ3n) is 5.65. The van der Waals surface area contributed by atoms with Crippen molar-refractivity contribution in [3.63, 3.8) is 0 Å². The Morgan fingerprint density at radius 1 is 1.00 bits per heavy atom. The molecule has 4 rings (SSSR count). The van der Waals surface area contributed by atoms with Crippen LogP contribution in [0.25, 0.3) is 0 Å². The molecule has 1 aliphatic heterocycles. The molecule has 0 bridgehead atoms. The zero-order valence-electron chi connectivity index (χ0n) is 14.4. The van der Waals surface area contributed by atoms with Crippen LogP contribution in [0.5, 0.6) is 0 Å². The highest BCUT2D eigenvalue weighted by Crippen LogP contribution is 2.42. The van der Waals surface area contributed by atoms with Gasteiger partial charge in [-0.15, -0.1) is 0 Å². The number of nitrogens with zero attached hydrogens (tertiary/aromatic N) is 1. The standard InChI is InChI=1S/C22H25NO/c1-16-7-6-9-18(15-16)23-14-13-17-8-2-3-10-19(17)22(23)20-11-4-5-12-21(20)24/h2-3,6-10,15,20,22H,4-5,11-14H2,1H3/t20-,22-/m1/s1. The van der Waals surface area contributed by atoms with Gasteiger partial charge in [0.25, 0.3) is 0 Å². The van der Waals surface area contributed by atoms with E-state index < -0.39 is 0 Å². The minimum Gasteiger partial charge on any atom is -0.363 e. The molecular formula is C22H25NO. The van der Waals surface area contributed by atoms with Crippen LogP contribution in [0.3, 0.4) is 0 Å². The normalized spacial score (nSPS) is 23.9. The molecule has 1 aliphatic carbocycles. The van der Waals surface area contributed by atoms with Crippen molar-refractivity contribution in [3.05, 3.63) is 65.2 Å². The summed E-state index contributed by atoms with van der Waals surface area (Å²) in [6, 6.07) is 17.7. The second-order valence-corrected chi connectivity index (χ2v) is 7.24. The van der Waals surface area contributed by atoms with E-state index in [2.05, 4.69) is 60.4 Å². The molecule has 0 aromatic heterocycles. The first kappa shape index (κ1) is 15.4. The molecule has 2 atom stereocenters. The Hall–Kier alpha value is -2.09. The molecule has 1 saturated carbocycles. The predicted octanol–water partition coefficient (Wildman–Crippen LogP) is 4.86. The third kappa shape index (κ3) is 2.75. The van der Waals surface area contributed by atoms with E-state index in [1.807, 2.05) is 0 Å². The highest BCUT2D eigenvalue weighted by molar-refractivity contribution is 5.83. The molecule has 2 aromatic carbocycles. The largest absolute Gasteiger partial charge is 0.363 e. The van der Waals surface area contributed by atoms with Gasteiger partial charge in [0, 0.05) is 24.6 Å². The number of aryl methyl sites for hydroxylation is 1. The van der Waals surface area contributed by atoms with Crippen LogP contribution in [0.2, 0.25) is 0 Å². The number of fused-ring (bicyclic) bond motifs is 1. The Labute approximate surface area is 144 Å². The smallest absolute Gasteiger partial charge is 0.138 e. The molecule has 0 N–H and O–H groups in total. The molecule has 24 heavy (non-hydrogen) atoms. The average molecular weight is 319 g/mol. The maximum absolute atomic E-state index is 12.7. The van der Waals surface area contributed by atoms with Gasteiger partial charge in [-0.2, -0.15) is 0 Å². The Morgan fingerprint density at radius 3 is 2.71 bits per heavy atom. The first-order valence-electron chi connectivity index (χ1n) is 9.18. The first-order valence-corrected chi connectivity index (χ1v) is 9.18. The van der Waals surface area contributed by atoms with E-state index in [0.29, 0.717) is 5.78 Å².